The fourth-order valence-electron chi connectivity index (χ4n) is 5.09. The quantitative estimate of drug-likeness (QED) is 0.161. The van der Waals surface area contributed by atoms with Gasteiger partial charge in [-0.1, -0.05) is 78.9 Å². The maximum Gasteiger partial charge on any atom is 0.305 e. The van der Waals surface area contributed by atoms with E-state index in [1.807, 2.05) is 67.6 Å². The molecule has 0 radical (unpaired) electrons. The van der Waals surface area contributed by atoms with Gasteiger partial charge in [0.05, 0.1) is 19.1 Å². The molecule has 0 aliphatic carbocycles. The molecule has 2 amide bonds. The third-order valence-electron chi connectivity index (χ3n) is 7.33. The number of hydrogen-bond acceptors (Lipinski definition) is 5. The molecule has 0 aliphatic heterocycles. The van der Waals surface area contributed by atoms with Crippen LogP contribution in [-0.2, 0) is 11.2 Å². The number of ether oxygens (including phenoxy) is 1. The summed E-state index contributed by atoms with van der Waals surface area (Å²) >= 11 is 0. The summed E-state index contributed by atoms with van der Waals surface area (Å²) in [6.45, 7) is 2.75. The topological polar surface area (TPSA) is 116 Å². The molecule has 0 aliphatic rings. The lowest BCUT2D eigenvalue weighted by Crippen LogP contribution is -2.35. The van der Waals surface area contributed by atoms with Gasteiger partial charge in [-0.25, -0.2) is 0 Å². The largest absolute Gasteiger partial charge is 0.494 e. The second-order valence-electron chi connectivity index (χ2n) is 10.3. The number of carboxylic acids is 1. The van der Waals surface area contributed by atoms with Crippen molar-refractivity contribution < 1.29 is 29.3 Å². The average Bonchev–Trinajstić information content (AvgIpc) is 3.05. The van der Waals surface area contributed by atoms with E-state index in [4.69, 9.17) is 4.74 Å². The Kier molecular flexibility index (Phi) is 11.7. The number of aliphatic hydroxyl groups excluding tert-OH is 1. The van der Waals surface area contributed by atoms with Crippen LogP contribution in [0.4, 0.5) is 0 Å². The fourth-order valence-corrected chi connectivity index (χ4v) is 5.09. The van der Waals surface area contributed by atoms with E-state index in [0.717, 1.165) is 16.9 Å². The van der Waals surface area contributed by atoms with Gasteiger partial charge < -0.3 is 25.2 Å². The number of nitrogens with zero attached hydrogens (tertiary/aromatic N) is 1. The predicted octanol–water partition coefficient (Wildman–Crippen LogP) is 5.77. The molecule has 4 aromatic rings. The van der Waals surface area contributed by atoms with Crippen LogP contribution in [0, 0.1) is 0 Å². The SMILES string of the molecule is CCOc1ccc(CCN(CCC(=O)O)C(=O)c2ccccc2-c2ccccc2C(=O)NC(CCO)c2ccccc2)cc1. The lowest BCUT2D eigenvalue weighted by Gasteiger charge is -2.24. The van der Waals surface area contributed by atoms with Gasteiger partial charge in [0.25, 0.3) is 11.8 Å². The predicted molar refractivity (Wildman–Crippen MR) is 170 cm³/mol. The lowest BCUT2D eigenvalue weighted by molar-refractivity contribution is -0.137. The molecule has 0 fully saturated rings. The molecule has 3 N–H and O–H groups in total. The van der Waals surface area contributed by atoms with Crippen LogP contribution < -0.4 is 10.1 Å². The van der Waals surface area contributed by atoms with Crippen molar-refractivity contribution in [1.29, 1.82) is 0 Å². The molecule has 0 saturated carbocycles. The second kappa shape index (κ2) is 16.0. The summed E-state index contributed by atoms with van der Waals surface area (Å²) in [7, 11) is 0. The van der Waals surface area contributed by atoms with E-state index >= 15 is 0 Å². The highest BCUT2D eigenvalue weighted by Crippen LogP contribution is 2.29. The lowest BCUT2D eigenvalue weighted by atomic mass is 9.93. The number of amides is 2. The molecule has 4 aromatic carbocycles. The molecule has 0 aromatic heterocycles. The van der Waals surface area contributed by atoms with Gasteiger partial charge in [0.2, 0.25) is 0 Å². The van der Waals surface area contributed by atoms with Gasteiger partial charge in [-0.05, 0) is 66.3 Å². The molecule has 1 atom stereocenters. The van der Waals surface area contributed by atoms with Gasteiger partial charge in [-0.3, -0.25) is 14.4 Å². The molecule has 0 saturated heterocycles. The number of rotatable bonds is 15. The Morgan fingerprint density at radius 2 is 1.41 bits per heavy atom. The van der Waals surface area contributed by atoms with Crippen LogP contribution in [0.5, 0.6) is 5.75 Å². The van der Waals surface area contributed by atoms with Crippen LogP contribution in [0.2, 0.25) is 0 Å². The smallest absolute Gasteiger partial charge is 0.305 e. The summed E-state index contributed by atoms with van der Waals surface area (Å²) < 4.78 is 5.52. The van der Waals surface area contributed by atoms with Gasteiger partial charge >= 0.3 is 5.97 Å². The first-order valence-corrected chi connectivity index (χ1v) is 14.8. The summed E-state index contributed by atoms with van der Waals surface area (Å²) in [6.07, 6.45) is 0.687. The number of carboxylic acid groups (broad SMARTS) is 1. The van der Waals surface area contributed by atoms with Crippen molar-refractivity contribution in [2.24, 2.45) is 0 Å². The van der Waals surface area contributed by atoms with Gasteiger partial charge in [0.1, 0.15) is 5.75 Å². The first-order valence-electron chi connectivity index (χ1n) is 14.8. The summed E-state index contributed by atoms with van der Waals surface area (Å²) in [4.78, 5) is 40.7. The standard InChI is InChI=1S/C36H38N2O6/c1-2-44-28-18-16-26(17-19-28)20-23-38(24-21-34(40)41)36(43)32-15-9-7-13-30(32)29-12-6-8-14-31(29)35(42)37-33(22-25-39)27-10-4-3-5-11-27/h3-19,33,39H,2,20-25H2,1H3,(H,37,42)(H,40,41). The minimum Gasteiger partial charge on any atom is -0.494 e. The summed E-state index contributed by atoms with van der Waals surface area (Å²) in [5, 5.41) is 22.1. The summed E-state index contributed by atoms with van der Waals surface area (Å²) in [6, 6.07) is 30.8. The Morgan fingerprint density at radius 3 is 2.05 bits per heavy atom. The number of benzene rings is 4. The Labute approximate surface area is 257 Å². The number of carbonyl (C=O) groups excluding carboxylic acids is 2. The Hall–Kier alpha value is -4.95. The Bertz CT molecular complexity index is 1540. The van der Waals surface area contributed by atoms with Gasteiger partial charge in [-0.15, -0.1) is 0 Å². The average molecular weight is 595 g/mol. The van der Waals surface area contributed by atoms with E-state index < -0.39 is 12.0 Å². The second-order valence-corrected chi connectivity index (χ2v) is 10.3. The molecule has 228 valence electrons. The minimum atomic E-state index is -0.991. The maximum atomic E-state index is 14.0. The Morgan fingerprint density at radius 1 is 0.795 bits per heavy atom. The molecule has 0 heterocycles. The molecular formula is C36H38N2O6. The zero-order valence-corrected chi connectivity index (χ0v) is 24.8. The number of carbonyl (C=O) groups is 3. The van der Waals surface area contributed by atoms with Gasteiger partial charge in [0.15, 0.2) is 0 Å². The van der Waals surface area contributed by atoms with Crippen LogP contribution >= 0.6 is 0 Å². The zero-order chi connectivity index (χ0) is 31.3. The van der Waals surface area contributed by atoms with Crippen LogP contribution in [0.1, 0.15) is 57.7 Å². The van der Waals surface area contributed by atoms with Crippen LogP contribution in [0.3, 0.4) is 0 Å². The molecule has 1 unspecified atom stereocenters. The van der Waals surface area contributed by atoms with E-state index in [1.54, 1.807) is 47.4 Å². The fraction of sp³-hybridized carbons (Fsp3) is 0.250. The van der Waals surface area contributed by atoms with Crippen molar-refractivity contribution in [2.45, 2.75) is 32.2 Å². The highest BCUT2D eigenvalue weighted by atomic mass is 16.5. The monoisotopic (exact) mass is 594 g/mol. The van der Waals surface area contributed by atoms with Gasteiger partial charge in [-0.2, -0.15) is 0 Å². The van der Waals surface area contributed by atoms with E-state index in [0.29, 0.717) is 48.2 Å². The highest BCUT2D eigenvalue weighted by molar-refractivity contribution is 6.06. The first-order chi connectivity index (χ1) is 21.4. The van der Waals surface area contributed by atoms with Crippen molar-refractivity contribution in [3.8, 4) is 16.9 Å². The highest BCUT2D eigenvalue weighted by Gasteiger charge is 2.24. The molecule has 44 heavy (non-hydrogen) atoms. The number of aliphatic carboxylic acids is 1. The molecule has 8 nitrogen and oxygen atoms in total. The zero-order valence-electron chi connectivity index (χ0n) is 24.8. The minimum absolute atomic E-state index is 0.0432. The van der Waals surface area contributed by atoms with E-state index in [9.17, 15) is 24.6 Å². The number of nitrogens with one attached hydrogen (secondary N) is 1. The van der Waals surface area contributed by atoms with Crippen LogP contribution in [0.25, 0.3) is 11.1 Å². The third-order valence-corrected chi connectivity index (χ3v) is 7.33. The van der Waals surface area contributed by atoms with E-state index in [2.05, 4.69) is 5.32 Å². The van der Waals surface area contributed by atoms with Crippen LogP contribution in [0.15, 0.2) is 103 Å². The normalized spacial score (nSPS) is 11.4. The summed E-state index contributed by atoms with van der Waals surface area (Å²) in [5.74, 6) is -0.873. The van der Waals surface area contributed by atoms with Gasteiger partial charge in [0, 0.05) is 30.8 Å². The summed E-state index contributed by atoms with van der Waals surface area (Å²) in [5.41, 5.74) is 3.78. The number of hydrogen-bond donors (Lipinski definition) is 3. The molecule has 8 heteroatoms. The molecule has 4 rings (SSSR count). The molecular weight excluding hydrogens is 556 g/mol. The molecule has 0 bridgehead atoms. The van der Waals surface area contributed by atoms with Crippen molar-refractivity contribution in [3.63, 3.8) is 0 Å². The Balaban J connectivity index is 1.61. The third kappa shape index (κ3) is 8.55. The number of aliphatic hydroxyl groups is 1. The van der Waals surface area contributed by atoms with Crippen LogP contribution in [-0.4, -0.2) is 59.2 Å². The molecule has 0 spiro atoms. The maximum absolute atomic E-state index is 14.0. The van der Waals surface area contributed by atoms with Crippen molar-refractivity contribution >= 4 is 17.8 Å². The van der Waals surface area contributed by atoms with E-state index in [1.165, 1.54) is 0 Å². The first kappa shape index (κ1) is 32.0. The van der Waals surface area contributed by atoms with Crippen molar-refractivity contribution in [3.05, 3.63) is 125 Å². The van der Waals surface area contributed by atoms with E-state index in [-0.39, 0.29) is 31.4 Å². The van der Waals surface area contributed by atoms with Crippen molar-refractivity contribution in [1.82, 2.24) is 10.2 Å². The van der Waals surface area contributed by atoms with Crippen molar-refractivity contribution in [2.75, 3.05) is 26.3 Å².